The molecular weight excluding hydrogens is 282 g/mol. The van der Waals surface area contributed by atoms with Crippen molar-refractivity contribution in [3.63, 3.8) is 0 Å². The Bertz CT molecular complexity index is 584. The van der Waals surface area contributed by atoms with E-state index in [-0.39, 0.29) is 12.2 Å². The molecule has 1 aromatic carbocycles. The lowest BCUT2D eigenvalue weighted by molar-refractivity contribution is -0.0499. The fourth-order valence-corrected chi connectivity index (χ4v) is 3.27. The van der Waals surface area contributed by atoms with Gasteiger partial charge in [0, 0.05) is 18.1 Å². The van der Waals surface area contributed by atoms with Crippen molar-refractivity contribution in [3.05, 3.63) is 41.7 Å². The van der Waals surface area contributed by atoms with Crippen molar-refractivity contribution in [3.8, 4) is 0 Å². The molecule has 0 bridgehead atoms. The average molecular weight is 303 g/mol. The number of morpholine rings is 1. The molecule has 2 atom stereocenters. The van der Waals surface area contributed by atoms with Gasteiger partial charge in [-0.05, 0) is 18.4 Å². The number of aromatic nitrogens is 2. The lowest BCUT2D eigenvalue weighted by Gasteiger charge is -2.39. The molecule has 1 saturated heterocycles. The Morgan fingerprint density at radius 1 is 1.24 bits per heavy atom. The minimum absolute atomic E-state index is 0.0940. The summed E-state index contributed by atoms with van der Waals surface area (Å²) in [5.41, 5.74) is 1.23. The van der Waals surface area contributed by atoms with Gasteiger partial charge >= 0.3 is 0 Å². The van der Waals surface area contributed by atoms with E-state index in [2.05, 4.69) is 52.4 Å². The molecule has 0 unspecified atom stereocenters. The third-order valence-corrected chi connectivity index (χ3v) is 4.70. The van der Waals surface area contributed by atoms with Crippen molar-refractivity contribution < 1.29 is 4.74 Å². The molecule has 1 aliphatic rings. The molecule has 0 radical (unpaired) electrons. The molecule has 0 spiro atoms. The number of rotatable bonds is 3. The first-order valence-corrected chi connectivity index (χ1v) is 8.16. The molecule has 0 aliphatic carbocycles. The summed E-state index contributed by atoms with van der Waals surface area (Å²) in [5, 5.41) is 1.00. The minimum atomic E-state index is 0.0940. The molecule has 0 amide bonds. The molecule has 2 aromatic rings. The zero-order chi connectivity index (χ0) is 14.8. The molecule has 21 heavy (non-hydrogen) atoms. The van der Waals surface area contributed by atoms with Gasteiger partial charge in [0.1, 0.15) is 11.9 Å². The van der Waals surface area contributed by atoms with E-state index >= 15 is 0 Å². The van der Waals surface area contributed by atoms with Gasteiger partial charge in [-0.25, -0.2) is 4.98 Å². The van der Waals surface area contributed by atoms with E-state index in [1.54, 1.807) is 0 Å². The van der Waals surface area contributed by atoms with Gasteiger partial charge < -0.3 is 9.64 Å². The van der Waals surface area contributed by atoms with Gasteiger partial charge in [0.05, 0.1) is 12.6 Å². The van der Waals surface area contributed by atoms with Crippen LogP contribution in [0, 0.1) is 12.8 Å². The van der Waals surface area contributed by atoms with E-state index in [0.29, 0.717) is 5.92 Å². The highest BCUT2D eigenvalue weighted by Crippen LogP contribution is 2.31. The summed E-state index contributed by atoms with van der Waals surface area (Å²) in [6.45, 7) is 8.08. The third kappa shape index (κ3) is 3.24. The third-order valence-electron chi connectivity index (χ3n) is 3.83. The molecule has 3 rings (SSSR count). The highest BCUT2D eigenvalue weighted by molar-refractivity contribution is 7.09. The number of anilines is 1. The van der Waals surface area contributed by atoms with E-state index in [9.17, 15) is 0 Å². The van der Waals surface area contributed by atoms with Crippen molar-refractivity contribution in [2.45, 2.75) is 33.0 Å². The molecule has 112 valence electrons. The normalized spacial score (nSPS) is 22.8. The van der Waals surface area contributed by atoms with Crippen LogP contribution in [0.25, 0.3) is 0 Å². The first kappa shape index (κ1) is 14.5. The van der Waals surface area contributed by atoms with Gasteiger partial charge in [0.15, 0.2) is 0 Å². The van der Waals surface area contributed by atoms with Crippen molar-refractivity contribution in [1.82, 2.24) is 9.36 Å². The van der Waals surface area contributed by atoms with Crippen LogP contribution in [0.1, 0.15) is 31.3 Å². The molecule has 4 nitrogen and oxygen atoms in total. The zero-order valence-corrected chi connectivity index (χ0v) is 13.5. The zero-order valence-electron chi connectivity index (χ0n) is 12.7. The smallest absolute Gasteiger partial charge is 0.205 e. The maximum absolute atomic E-state index is 6.31. The van der Waals surface area contributed by atoms with Crippen LogP contribution in [0.5, 0.6) is 0 Å². The van der Waals surface area contributed by atoms with E-state index < -0.39 is 0 Å². The molecule has 2 heterocycles. The van der Waals surface area contributed by atoms with Gasteiger partial charge in [-0.3, -0.25) is 0 Å². The van der Waals surface area contributed by atoms with E-state index in [4.69, 9.17) is 4.74 Å². The van der Waals surface area contributed by atoms with E-state index in [1.165, 1.54) is 17.1 Å². The van der Waals surface area contributed by atoms with E-state index in [1.807, 2.05) is 13.0 Å². The van der Waals surface area contributed by atoms with Gasteiger partial charge in [-0.2, -0.15) is 4.37 Å². The molecule has 1 fully saturated rings. The first-order chi connectivity index (χ1) is 10.1. The summed E-state index contributed by atoms with van der Waals surface area (Å²) in [6, 6.07) is 10.4. The number of hydrogen-bond donors (Lipinski definition) is 0. The Morgan fingerprint density at radius 3 is 2.62 bits per heavy atom. The number of hydrogen-bond acceptors (Lipinski definition) is 5. The van der Waals surface area contributed by atoms with Crippen molar-refractivity contribution in [2.24, 2.45) is 5.92 Å². The monoisotopic (exact) mass is 303 g/mol. The van der Waals surface area contributed by atoms with Crippen LogP contribution in [0.2, 0.25) is 0 Å². The standard InChI is InChI=1S/C16H21N3OS/c1-11(2)14-9-19(16-17-12(3)18-21-16)10-15(20-14)13-7-5-4-6-8-13/h4-8,11,14-15H,9-10H2,1-3H3/t14-,15+/m1/s1. The number of nitrogens with zero attached hydrogens (tertiary/aromatic N) is 3. The fraction of sp³-hybridized carbons (Fsp3) is 0.500. The summed E-state index contributed by atoms with van der Waals surface area (Å²) in [7, 11) is 0. The van der Waals surface area contributed by atoms with Crippen LogP contribution in [-0.2, 0) is 4.74 Å². The maximum Gasteiger partial charge on any atom is 0.205 e. The van der Waals surface area contributed by atoms with Crippen LogP contribution in [-0.4, -0.2) is 28.6 Å². The van der Waals surface area contributed by atoms with Gasteiger partial charge in [-0.15, -0.1) is 0 Å². The predicted octanol–water partition coefficient (Wildman–Crippen LogP) is 3.45. The molecule has 0 N–H and O–H groups in total. The molecule has 1 aromatic heterocycles. The van der Waals surface area contributed by atoms with Gasteiger partial charge in [0.25, 0.3) is 0 Å². The van der Waals surface area contributed by atoms with Crippen LogP contribution in [0.3, 0.4) is 0 Å². The second-order valence-electron chi connectivity index (χ2n) is 5.85. The number of benzene rings is 1. The Hall–Kier alpha value is -1.46. The second-order valence-corrected chi connectivity index (χ2v) is 6.58. The summed E-state index contributed by atoms with van der Waals surface area (Å²) in [6.07, 6.45) is 0.310. The lowest BCUT2D eigenvalue weighted by Crippen LogP contribution is -2.46. The Morgan fingerprint density at radius 2 is 2.00 bits per heavy atom. The second kappa shape index (κ2) is 6.12. The van der Waals surface area contributed by atoms with Crippen LogP contribution >= 0.6 is 11.5 Å². The van der Waals surface area contributed by atoms with Crippen molar-refractivity contribution >= 4 is 16.7 Å². The predicted molar refractivity (Wildman–Crippen MR) is 85.8 cm³/mol. The Balaban J connectivity index is 1.85. The van der Waals surface area contributed by atoms with Crippen LogP contribution in [0.4, 0.5) is 5.13 Å². The Labute approximate surface area is 129 Å². The molecular formula is C16H21N3OS. The lowest BCUT2D eigenvalue weighted by atomic mass is 10.0. The molecule has 5 heteroatoms. The SMILES string of the molecule is Cc1nsc(N2C[C@@H](c3ccccc3)O[C@@H](C(C)C)C2)n1. The highest BCUT2D eigenvalue weighted by atomic mass is 32.1. The summed E-state index contributed by atoms with van der Waals surface area (Å²) in [4.78, 5) is 6.85. The van der Waals surface area contributed by atoms with Crippen molar-refractivity contribution in [1.29, 1.82) is 0 Å². The highest BCUT2D eigenvalue weighted by Gasteiger charge is 2.31. The minimum Gasteiger partial charge on any atom is -0.366 e. The maximum atomic E-state index is 6.31. The average Bonchev–Trinajstić information content (AvgIpc) is 2.94. The number of ether oxygens (including phenoxy) is 1. The van der Waals surface area contributed by atoms with Crippen LogP contribution in [0.15, 0.2) is 30.3 Å². The largest absolute Gasteiger partial charge is 0.366 e. The summed E-state index contributed by atoms with van der Waals surface area (Å²) in [5.74, 6) is 1.33. The first-order valence-electron chi connectivity index (χ1n) is 7.39. The topological polar surface area (TPSA) is 38.2 Å². The molecule has 1 aliphatic heterocycles. The number of aryl methyl sites for hydroxylation is 1. The summed E-state index contributed by atoms with van der Waals surface area (Å²) >= 11 is 1.48. The Kier molecular flexibility index (Phi) is 4.22. The van der Waals surface area contributed by atoms with Gasteiger partial charge in [-0.1, -0.05) is 44.2 Å². The summed E-state index contributed by atoms with van der Waals surface area (Å²) < 4.78 is 10.6. The van der Waals surface area contributed by atoms with E-state index in [0.717, 1.165) is 24.0 Å². The quantitative estimate of drug-likeness (QED) is 0.870. The van der Waals surface area contributed by atoms with Crippen molar-refractivity contribution in [2.75, 3.05) is 18.0 Å². The van der Waals surface area contributed by atoms with Gasteiger partial charge in [0.2, 0.25) is 5.13 Å². The van der Waals surface area contributed by atoms with Crippen LogP contribution < -0.4 is 4.90 Å². The fourth-order valence-electron chi connectivity index (χ4n) is 2.58. The molecule has 0 saturated carbocycles.